The van der Waals surface area contributed by atoms with Crippen LogP contribution in [0.25, 0.3) is 0 Å². The van der Waals surface area contributed by atoms with Gasteiger partial charge in [0.2, 0.25) is 0 Å². The number of carbonyl (C=O) groups excluding carboxylic acids is 1. The van der Waals surface area contributed by atoms with Crippen molar-refractivity contribution in [2.45, 2.75) is 12.7 Å². The largest absolute Gasteiger partial charge is 0.361 e. The summed E-state index contributed by atoms with van der Waals surface area (Å²) in [5, 5.41) is 9.13. The molecule has 3 nitrogen and oxygen atoms in total. The van der Waals surface area contributed by atoms with Gasteiger partial charge in [0.25, 0.3) is 0 Å². The van der Waals surface area contributed by atoms with Crippen LogP contribution in [0.5, 0.6) is 0 Å². The minimum atomic E-state index is -0.754. The summed E-state index contributed by atoms with van der Waals surface area (Å²) in [5.41, 5.74) is 2.77. The average Bonchev–Trinajstić information content (AvgIpc) is 2.69. The predicted molar refractivity (Wildman–Crippen MR) is 95.9 cm³/mol. The number of ketones is 1. The molecule has 0 fully saturated rings. The van der Waals surface area contributed by atoms with E-state index in [0.29, 0.717) is 23.3 Å². The van der Waals surface area contributed by atoms with E-state index >= 15 is 0 Å². The molecule has 0 bridgehead atoms. The van der Waals surface area contributed by atoms with Crippen molar-refractivity contribution in [1.82, 2.24) is 0 Å². The lowest BCUT2D eigenvalue weighted by Gasteiger charge is -2.18. The number of nitrogens with zero attached hydrogens (tertiary/aromatic N) is 1. The molecule has 0 aromatic heterocycles. The number of nitriles is 1. The van der Waals surface area contributed by atoms with Gasteiger partial charge in [-0.3, -0.25) is 4.79 Å². The molecule has 0 radical (unpaired) electrons. The molecule has 0 saturated heterocycles. The summed E-state index contributed by atoms with van der Waals surface area (Å²) in [5.74, 6) is -0.119. The first-order valence-electron chi connectivity index (χ1n) is 8.03. The summed E-state index contributed by atoms with van der Waals surface area (Å²) in [7, 11) is 0. The minimum Gasteiger partial charge on any atom is -0.361 e. The van der Waals surface area contributed by atoms with Crippen LogP contribution < -0.4 is 0 Å². The summed E-state index contributed by atoms with van der Waals surface area (Å²) in [6.45, 7) is 0.320. The third kappa shape index (κ3) is 4.20. The van der Waals surface area contributed by atoms with Gasteiger partial charge in [-0.25, -0.2) is 0 Å². The minimum absolute atomic E-state index is 0.119. The molecule has 0 heterocycles. The van der Waals surface area contributed by atoms with Crippen LogP contribution in [-0.2, 0) is 11.3 Å². The lowest BCUT2D eigenvalue weighted by Crippen LogP contribution is -2.16. The lowest BCUT2D eigenvalue weighted by molar-refractivity contribution is 0.0334. The number of hydrogen-bond donors (Lipinski definition) is 0. The Balaban J connectivity index is 1.90. The van der Waals surface area contributed by atoms with E-state index in [0.717, 1.165) is 5.56 Å². The van der Waals surface area contributed by atoms with E-state index in [2.05, 4.69) is 6.07 Å². The van der Waals surface area contributed by atoms with Gasteiger partial charge in [-0.2, -0.15) is 5.26 Å². The second-order valence-electron chi connectivity index (χ2n) is 5.64. The smallest absolute Gasteiger partial charge is 0.196 e. The van der Waals surface area contributed by atoms with Crippen molar-refractivity contribution in [3.05, 3.63) is 107 Å². The topological polar surface area (TPSA) is 50.1 Å². The number of benzene rings is 3. The molecule has 0 amide bonds. The molecular weight excluding hydrogens is 310 g/mol. The molecule has 3 rings (SSSR count). The van der Waals surface area contributed by atoms with Crippen LogP contribution in [0.1, 0.15) is 33.2 Å². The molecule has 122 valence electrons. The van der Waals surface area contributed by atoms with Gasteiger partial charge >= 0.3 is 0 Å². The maximum absolute atomic E-state index is 13.0. The van der Waals surface area contributed by atoms with Gasteiger partial charge in [-0.15, -0.1) is 0 Å². The Morgan fingerprint density at radius 3 is 2.28 bits per heavy atom. The van der Waals surface area contributed by atoms with E-state index in [1.807, 2.05) is 54.6 Å². The van der Waals surface area contributed by atoms with Gasteiger partial charge in [-0.1, -0.05) is 72.8 Å². The summed E-state index contributed by atoms with van der Waals surface area (Å²) in [6.07, 6.45) is -0.754. The molecule has 0 N–H and O–H groups in total. The normalized spacial score (nSPS) is 11.5. The Hall–Kier alpha value is -3.22. The summed E-state index contributed by atoms with van der Waals surface area (Å²) in [6, 6.07) is 27.9. The van der Waals surface area contributed by atoms with Gasteiger partial charge in [0.15, 0.2) is 5.78 Å². The van der Waals surface area contributed by atoms with Crippen molar-refractivity contribution < 1.29 is 9.53 Å². The van der Waals surface area contributed by atoms with Crippen molar-refractivity contribution in [2.75, 3.05) is 0 Å². The molecule has 3 aromatic rings. The fraction of sp³-hybridized carbons (Fsp3) is 0.0909. The van der Waals surface area contributed by atoms with Crippen molar-refractivity contribution in [3.63, 3.8) is 0 Å². The summed E-state index contributed by atoms with van der Waals surface area (Å²) < 4.78 is 5.97. The number of ether oxygens (including phenoxy) is 1. The van der Waals surface area contributed by atoms with Crippen LogP contribution in [-0.4, -0.2) is 5.78 Å². The van der Waals surface area contributed by atoms with Crippen molar-refractivity contribution in [1.29, 1.82) is 5.26 Å². The van der Waals surface area contributed by atoms with Gasteiger partial charge in [0, 0.05) is 5.56 Å². The molecule has 0 spiro atoms. The Bertz CT molecular complexity index is 883. The van der Waals surface area contributed by atoms with Gasteiger partial charge in [-0.05, 0) is 23.3 Å². The van der Waals surface area contributed by atoms with E-state index < -0.39 is 6.10 Å². The second-order valence-corrected chi connectivity index (χ2v) is 5.64. The second kappa shape index (κ2) is 8.05. The first-order chi connectivity index (χ1) is 12.3. The van der Waals surface area contributed by atoms with Crippen LogP contribution in [0.4, 0.5) is 0 Å². The number of carbonyl (C=O) groups is 1. The fourth-order valence-electron chi connectivity index (χ4n) is 2.60. The molecule has 0 aliphatic heterocycles. The van der Waals surface area contributed by atoms with Crippen LogP contribution in [0.15, 0.2) is 84.9 Å². The highest BCUT2D eigenvalue weighted by molar-refractivity contribution is 6.00. The van der Waals surface area contributed by atoms with Crippen molar-refractivity contribution in [2.24, 2.45) is 0 Å². The molecule has 3 aromatic carbocycles. The third-order valence-electron chi connectivity index (χ3n) is 3.87. The van der Waals surface area contributed by atoms with E-state index in [9.17, 15) is 4.79 Å². The molecule has 1 atom stereocenters. The zero-order valence-corrected chi connectivity index (χ0v) is 13.6. The quantitative estimate of drug-likeness (QED) is 0.617. The first-order valence-corrected chi connectivity index (χ1v) is 8.03. The Morgan fingerprint density at radius 2 is 1.60 bits per heavy atom. The first kappa shape index (κ1) is 16.6. The third-order valence-corrected chi connectivity index (χ3v) is 3.87. The fourth-order valence-corrected chi connectivity index (χ4v) is 2.60. The zero-order chi connectivity index (χ0) is 17.5. The molecule has 0 saturated carbocycles. The summed E-state index contributed by atoms with van der Waals surface area (Å²) >= 11 is 0. The van der Waals surface area contributed by atoms with Gasteiger partial charge in [0.05, 0.1) is 18.2 Å². The number of Topliss-reactive ketones (excluding diaryl/α,β-unsaturated/α-hetero) is 1. The molecule has 1 unspecified atom stereocenters. The highest BCUT2D eigenvalue weighted by atomic mass is 16.5. The Morgan fingerprint density at radius 1 is 0.920 bits per heavy atom. The maximum Gasteiger partial charge on any atom is 0.196 e. The predicted octanol–water partition coefficient (Wildman–Crippen LogP) is 4.70. The van der Waals surface area contributed by atoms with Crippen LogP contribution in [0.3, 0.4) is 0 Å². The Labute approximate surface area is 147 Å². The Kier molecular flexibility index (Phi) is 5.36. The van der Waals surface area contributed by atoms with E-state index in [1.54, 1.807) is 30.3 Å². The van der Waals surface area contributed by atoms with E-state index in [4.69, 9.17) is 10.00 Å². The van der Waals surface area contributed by atoms with Crippen molar-refractivity contribution in [3.8, 4) is 6.07 Å². The molecule has 0 aliphatic rings. The van der Waals surface area contributed by atoms with Gasteiger partial charge in [0.1, 0.15) is 6.10 Å². The van der Waals surface area contributed by atoms with E-state index in [1.165, 1.54) is 0 Å². The molecule has 0 aliphatic carbocycles. The zero-order valence-electron chi connectivity index (χ0n) is 13.6. The number of hydrogen-bond acceptors (Lipinski definition) is 3. The SMILES string of the molecule is N#Cc1cccc(C(OCc2ccccc2)C(=O)c2ccccc2)c1. The standard InChI is InChI=1S/C22H17NO2/c23-15-18-10-7-13-20(14-18)22(21(24)19-11-5-2-6-12-19)25-16-17-8-3-1-4-9-17/h1-14,22H,16H2. The summed E-state index contributed by atoms with van der Waals surface area (Å²) in [4.78, 5) is 13.0. The highest BCUT2D eigenvalue weighted by Crippen LogP contribution is 2.25. The molecule has 25 heavy (non-hydrogen) atoms. The van der Waals surface area contributed by atoms with Crippen LogP contribution >= 0.6 is 0 Å². The van der Waals surface area contributed by atoms with Crippen molar-refractivity contribution >= 4 is 5.78 Å². The maximum atomic E-state index is 13.0. The lowest BCUT2D eigenvalue weighted by atomic mass is 9.98. The van der Waals surface area contributed by atoms with E-state index in [-0.39, 0.29) is 5.78 Å². The van der Waals surface area contributed by atoms with Crippen LogP contribution in [0, 0.1) is 11.3 Å². The molecule has 3 heteroatoms. The molecular formula is C22H17NO2. The van der Waals surface area contributed by atoms with Gasteiger partial charge < -0.3 is 4.74 Å². The average molecular weight is 327 g/mol. The highest BCUT2D eigenvalue weighted by Gasteiger charge is 2.23. The number of rotatable bonds is 6. The van der Waals surface area contributed by atoms with Crippen LogP contribution in [0.2, 0.25) is 0 Å². The monoisotopic (exact) mass is 327 g/mol.